The number of rotatable bonds is 16. The monoisotopic (exact) mass is 610 g/mol. The van der Waals surface area contributed by atoms with E-state index in [1.807, 2.05) is 6.92 Å². The van der Waals surface area contributed by atoms with E-state index in [0.29, 0.717) is 36.4 Å². The topological polar surface area (TPSA) is 266 Å². The Morgan fingerprint density at radius 2 is 1.12 bits per heavy atom. The Labute approximate surface area is 256 Å². The van der Waals surface area contributed by atoms with Crippen LogP contribution in [0.15, 0.2) is 59.5 Å². The molecular formula is C29H54N8O6. The maximum atomic E-state index is 11.4. The molecule has 5 amide bonds. The summed E-state index contributed by atoms with van der Waals surface area (Å²) >= 11 is 0. The van der Waals surface area contributed by atoms with E-state index in [0.717, 1.165) is 19.6 Å². The fourth-order valence-electron chi connectivity index (χ4n) is 2.06. The minimum atomic E-state index is -0.612. The van der Waals surface area contributed by atoms with Crippen LogP contribution in [0.2, 0.25) is 0 Å². The molecule has 0 spiro atoms. The van der Waals surface area contributed by atoms with Crippen molar-refractivity contribution in [1.82, 2.24) is 10.2 Å². The first-order valence-electron chi connectivity index (χ1n) is 13.4. The van der Waals surface area contributed by atoms with Crippen LogP contribution < -0.4 is 39.7 Å². The van der Waals surface area contributed by atoms with Gasteiger partial charge >= 0.3 is 0 Å². The van der Waals surface area contributed by atoms with Crippen LogP contribution in [0.4, 0.5) is 0 Å². The van der Waals surface area contributed by atoms with E-state index in [9.17, 15) is 24.0 Å². The SMILES string of the molecule is C=C(C)C(N)=O.C=C(C)C(N)=O.CC(=CC(CNCCN)N(C=C(C)C(N)=O)C=C(C)C(N)=O)C(N)=O.CCCOCC. The molecule has 0 saturated carbocycles. The fraction of sp³-hybridized carbons (Fsp3) is 0.483. The molecule has 0 aliphatic heterocycles. The smallest absolute Gasteiger partial charge is 0.245 e. The molecule has 14 heteroatoms. The zero-order valence-electron chi connectivity index (χ0n) is 26.8. The molecular weight excluding hydrogens is 556 g/mol. The Morgan fingerprint density at radius 1 is 0.744 bits per heavy atom. The Hall–Kier alpha value is -4.27. The molecule has 0 aliphatic rings. The Morgan fingerprint density at radius 3 is 1.35 bits per heavy atom. The molecule has 246 valence electrons. The van der Waals surface area contributed by atoms with Crippen molar-refractivity contribution in [2.75, 3.05) is 32.8 Å². The zero-order valence-corrected chi connectivity index (χ0v) is 26.8. The molecule has 13 N–H and O–H groups in total. The summed E-state index contributed by atoms with van der Waals surface area (Å²) in [5.74, 6) is -2.67. The van der Waals surface area contributed by atoms with Gasteiger partial charge in [0, 0.05) is 73.1 Å². The maximum Gasteiger partial charge on any atom is 0.245 e. The van der Waals surface area contributed by atoms with Crippen molar-refractivity contribution in [3.63, 3.8) is 0 Å². The van der Waals surface area contributed by atoms with Gasteiger partial charge in [-0.2, -0.15) is 0 Å². The van der Waals surface area contributed by atoms with E-state index in [2.05, 4.69) is 25.4 Å². The number of carbonyl (C=O) groups excluding carboxylic acids is 5. The van der Waals surface area contributed by atoms with Crippen LogP contribution in [0.25, 0.3) is 0 Å². The van der Waals surface area contributed by atoms with Crippen LogP contribution in [0.3, 0.4) is 0 Å². The molecule has 1 unspecified atom stereocenters. The minimum absolute atomic E-state index is 0.266. The molecule has 1 atom stereocenters. The average molecular weight is 611 g/mol. The van der Waals surface area contributed by atoms with Gasteiger partial charge in [0.05, 0.1) is 6.04 Å². The number of nitrogens with one attached hydrogen (secondary N) is 1. The van der Waals surface area contributed by atoms with Crippen molar-refractivity contribution < 1.29 is 28.7 Å². The summed E-state index contributed by atoms with van der Waals surface area (Å²) in [6.45, 7) is 21.6. The lowest BCUT2D eigenvalue weighted by molar-refractivity contribution is -0.115. The first-order valence-corrected chi connectivity index (χ1v) is 13.4. The van der Waals surface area contributed by atoms with Crippen LogP contribution in [0, 0.1) is 0 Å². The second kappa shape index (κ2) is 27.9. The molecule has 0 aromatic rings. The second-order valence-corrected chi connectivity index (χ2v) is 9.06. The summed E-state index contributed by atoms with van der Waals surface area (Å²) in [4.78, 5) is 55.3. The largest absolute Gasteiger partial charge is 0.382 e. The zero-order chi connectivity index (χ0) is 34.7. The molecule has 0 aromatic heterocycles. The Balaban J connectivity index is -0.000000339. The lowest BCUT2D eigenvalue weighted by Crippen LogP contribution is -2.39. The van der Waals surface area contributed by atoms with Gasteiger partial charge in [-0.05, 0) is 48.0 Å². The third kappa shape index (κ3) is 30.5. The van der Waals surface area contributed by atoms with Crippen LogP contribution >= 0.6 is 0 Å². The van der Waals surface area contributed by atoms with Gasteiger partial charge in [0.1, 0.15) is 0 Å². The van der Waals surface area contributed by atoms with Gasteiger partial charge in [0.25, 0.3) is 0 Å². The van der Waals surface area contributed by atoms with Crippen molar-refractivity contribution in [3.05, 3.63) is 59.5 Å². The third-order valence-corrected chi connectivity index (χ3v) is 4.75. The summed E-state index contributed by atoms with van der Waals surface area (Å²) in [6.07, 6.45) is 5.72. The highest BCUT2D eigenvalue weighted by atomic mass is 16.5. The highest BCUT2D eigenvalue weighted by Crippen LogP contribution is 2.11. The van der Waals surface area contributed by atoms with Crippen molar-refractivity contribution in [2.45, 2.75) is 60.9 Å². The molecule has 0 bridgehead atoms. The first-order chi connectivity index (χ1) is 19.8. The predicted octanol–water partition coefficient (Wildman–Crippen LogP) is -0.0564. The van der Waals surface area contributed by atoms with E-state index < -0.39 is 35.6 Å². The highest BCUT2D eigenvalue weighted by Gasteiger charge is 2.16. The van der Waals surface area contributed by atoms with Gasteiger partial charge in [0.2, 0.25) is 29.5 Å². The number of primary amides is 5. The van der Waals surface area contributed by atoms with Crippen molar-refractivity contribution >= 4 is 29.5 Å². The molecule has 0 heterocycles. The van der Waals surface area contributed by atoms with Crippen molar-refractivity contribution in [2.24, 2.45) is 34.4 Å². The van der Waals surface area contributed by atoms with Gasteiger partial charge in [0.15, 0.2) is 0 Å². The molecule has 0 radical (unpaired) electrons. The number of nitrogens with two attached hydrogens (primary N) is 6. The molecule has 43 heavy (non-hydrogen) atoms. The molecule has 0 fully saturated rings. The second-order valence-electron chi connectivity index (χ2n) is 9.06. The number of nitrogens with zero attached hydrogens (tertiary/aromatic N) is 1. The van der Waals surface area contributed by atoms with Crippen LogP contribution in [0.5, 0.6) is 0 Å². The Bertz CT molecular complexity index is 936. The van der Waals surface area contributed by atoms with Crippen LogP contribution in [-0.4, -0.2) is 73.3 Å². The first kappa shape index (κ1) is 45.7. The summed E-state index contributed by atoms with van der Waals surface area (Å²) in [6, 6.07) is -0.428. The minimum Gasteiger partial charge on any atom is -0.382 e. The van der Waals surface area contributed by atoms with Crippen molar-refractivity contribution in [3.8, 4) is 0 Å². The van der Waals surface area contributed by atoms with Gasteiger partial charge < -0.3 is 49.4 Å². The van der Waals surface area contributed by atoms with Crippen LogP contribution in [-0.2, 0) is 28.7 Å². The third-order valence-electron chi connectivity index (χ3n) is 4.75. The van der Waals surface area contributed by atoms with Crippen LogP contribution in [0.1, 0.15) is 54.9 Å². The summed E-state index contributed by atoms with van der Waals surface area (Å²) in [7, 11) is 0. The summed E-state index contributed by atoms with van der Waals surface area (Å²) < 4.78 is 4.98. The quantitative estimate of drug-likeness (QED) is 0.0910. The predicted molar refractivity (Wildman–Crippen MR) is 171 cm³/mol. The standard InChI is InChI=1S/C16H28N6O3.C5H12O.2C4H7NO/c1-10(14(18)23)6-13(7-21-5-4-17)22(8-11(2)15(19)24)9-12(3)16(20)25;1-3-5-6-4-2;2*1-3(2)4(5)6/h6,8-9,13,21H,4-5,7,17H2,1-3H3,(H2,18,23)(H2,19,24)(H2,20,25);3-5H2,1-2H3;2*1H2,2H3,(H2,5,6). The molecule has 0 aromatic carbocycles. The molecule has 0 rings (SSSR count). The van der Waals surface area contributed by atoms with Gasteiger partial charge in [-0.1, -0.05) is 26.2 Å². The Kier molecular flexibility index (Phi) is 29.6. The maximum absolute atomic E-state index is 11.4. The highest BCUT2D eigenvalue weighted by molar-refractivity contribution is 5.93. The van der Waals surface area contributed by atoms with Gasteiger partial charge in [-0.3, -0.25) is 24.0 Å². The van der Waals surface area contributed by atoms with E-state index in [4.69, 9.17) is 39.1 Å². The normalized spacial score (nSPS) is 11.6. The fourth-order valence-corrected chi connectivity index (χ4v) is 2.06. The summed E-state index contributed by atoms with van der Waals surface area (Å²) in [5, 5.41) is 3.11. The number of amides is 5. The summed E-state index contributed by atoms with van der Waals surface area (Å²) in [5.41, 5.74) is 32.4. The van der Waals surface area contributed by atoms with E-state index in [-0.39, 0.29) is 11.1 Å². The average Bonchev–Trinajstić information content (AvgIpc) is 2.91. The van der Waals surface area contributed by atoms with E-state index in [1.165, 1.54) is 26.2 Å². The lowest BCUT2D eigenvalue weighted by Gasteiger charge is -2.27. The van der Waals surface area contributed by atoms with Crippen molar-refractivity contribution in [1.29, 1.82) is 0 Å². The molecule has 14 nitrogen and oxygen atoms in total. The van der Waals surface area contributed by atoms with Gasteiger partial charge in [-0.25, -0.2) is 0 Å². The van der Waals surface area contributed by atoms with E-state index >= 15 is 0 Å². The number of ether oxygens (including phenoxy) is 1. The number of hydrogen-bond acceptors (Lipinski definition) is 9. The molecule has 0 saturated heterocycles. The van der Waals surface area contributed by atoms with E-state index in [1.54, 1.807) is 31.7 Å². The number of hydrogen-bond donors (Lipinski definition) is 7. The number of carbonyl (C=O) groups is 5. The van der Waals surface area contributed by atoms with Gasteiger partial charge in [-0.15, -0.1) is 0 Å². The lowest BCUT2D eigenvalue weighted by atomic mass is 10.1. The molecule has 0 aliphatic carbocycles.